The molecule has 7 heteroatoms. The number of ether oxygens (including phenoxy) is 2. The molecule has 0 N–H and O–H groups in total. The highest BCUT2D eigenvalue weighted by Gasteiger charge is 2.30. The molecule has 2 heterocycles. The van der Waals surface area contributed by atoms with Crippen LogP contribution in [-0.4, -0.2) is 22.9 Å². The number of nitrogens with zero attached hydrogens (tertiary/aromatic N) is 1. The minimum atomic E-state index is -0.727. The molecule has 2 aromatic heterocycles. The molecule has 0 radical (unpaired) electrons. The van der Waals surface area contributed by atoms with Crippen molar-refractivity contribution in [2.45, 2.75) is 38.7 Å². The Morgan fingerprint density at radius 1 is 1.05 bits per heavy atom. The summed E-state index contributed by atoms with van der Waals surface area (Å²) in [6.07, 6.45) is 4.83. The summed E-state index contributed by atoms with van der Waals surface area (Å²) in [6.45, 7) is 3.49. The maximum Gasteiger partial charge on any atom is 0.343 e. The second-order valence-electron chi connectivity index (χ2n) is 9.52. The van der Waals surface area contributed by atoms with Crippen LogP contribution in [0.4, 0.5) is 4.39 Å². The molecule has 4 aromatic rings. The van der Waals surface area contributed by atoms with Crippen LogP contribution < -0.4 is 5.56 Å². The molecule has 0 aliphatic heterocycles. The molecule has 1 aliphatic carbocycles. The number of benzene rings is 2. The monoisotopic (exact) mass is 525 g/mol. The molecule has 5 rings (SSSR count). The van der Waals surface area contributed by atoms with Crippen molar-refractivity contribution in [1.29, 1.82) is 0 Å². The number of rotatable bonds is 8. The summed E-state index contributed by atoms with van der Waals surface area (Å²) in [4.78, 5) is 38.5. The van der Waals surface area contributed by atoms with Crippen molar-refractivity contribution in [3.63, 3.8) is 0 Å². The molecule has 1 saturated carbocycles. The smallest absolute Gasteiger partial charge is 0.343 e. The average molecular weight is 526 g/mol. The fourth-order valence-electron chi connectivity index (χ4n) is 4.82. The van der Waals surface area contributed by atoms with E-state index in [1.54, 1.807) is 19.9 Å². The van der Waals surface area contributed by atoms with E-state index in [4.69, 9.17) is 9.47 Å². The highest BCUT2D eigenvalue weighted by Crippen LogP contribution is 2.43. The maximum absolute atomic E-state index is 15.4. The van der Waals surface area contributed by atoms with Gasteiger partial charge >= 0.3 is 11.9 Å². The third-order valence-electron chi connectivity index (χ3n) is 6.86. The van der Waals surface area contributed by atoms with Gasteiger partial charge in [0.1, 0.15) is 11.4 Å². The molecule has 0 saturated heterocycles. The van der Waals surface area contributed by atoms with Crippen LogP contribution in [0.15, 0.2) is 83.8 Å². The quantitative estimate of drug-likeness (QED) is 0.204. The Morgan fingerprint density at radius 2 is 1.67 bits per heavy atom. The largest absolute Gasteiger partial charge is 0.462 e. The Hall–Kier alpha value is -4.52. The lowest BCUT2D eigenvalue weighted by Gasteiger charge is -2.18. The van der Waals surface area contributed by atoms with E-state index in [1.807, 2.05) is 60.7 Å². The SMILES string of the molecule is CCOC(=O)c1cc(C2CC2)c2c(C)c(/C=C/C(=O)OC(c3ccccc3)c3ccccc3)c(F)cn2c1=O. The molecule has 0 spiro atoms. The number of carbonyl (C=O) groups excluding carboxylic acids is 2. The lowest BCUT2D eigenvalue weighted by molar-refractivity contribution is -0.141. The van der Waals surface area contributed by atoms with Crippen LogP contribution in [0.3, 0.4) is 0 Å². The van der Waals surface area contributed by atoms with Crippen LogP contribution in [0.1, 0.15) is 70.0 Å². The van der Waals surface area contributed by atoms with Crippen LogP contribution in [0.2, 0.25) is 0 Å². The number of fused-ring (bicyclic) bond motifs is 1. The first-order valence-electron chi connectivity index (χ1n) is 12.9. The highest BCUT2D eigenvalue weighted by molar-refractivity contribution is 5.91. The van der Waals surface area contributed by atoms with Gasteiger partial charge in [-0.05, 0) is 67.0 Å². The summed E-state index contributed by atoms with van der Waals surface area (Å²) < 4.78 is 27.4. The van der Waals surface area contributed by atoms with E-state index in [0.29, 0.717) is 11.1 Å². The van der Waals surface area contributed by atoms with Crippen molar-refractivity contribution in [1.82, 2.24) is 4.40 Å². The minimum Gasteiger partial charge on any atom is -0.462 e. The van der Waals surface area contributed by atoms with Gasteiger partial charge in [-0.3, -0.25) is 9.20 Å². The van der Waals surface area contributed by atoms with Gasteiger partial charge in [0.25, 0.3) is 5.56 Å². The Morgan fingerprint density at radius 3 is 2.23 bits per heavy atom. The van der Waals surface area contributed by atoms with Gasteiger partial charge in [0, 0.05) is 17.8 Å². The molecule has 0 amide bonds. The van der Waals surface area contributed by atoms with Gasteiger partial charge in [-0.25, -0.2) is 14.0 Å². The molecule has 39 heavy (non-hydrogen) atoms. The molecule has 0 atom stereocenters. The van der Waals surface area contributed by atoms with Crippen molar-refractivity contribution in [2.75, 3.05) is 6.61 Å². The van der Waals surface area contributed by atoms with Crippen molar-refractivity contribution >= 4 is 23.5 Å². The Labute approximate surface area is 225 Å². The van der Waals surface area contributed by atoms with Crippen LogP contribution >= 0.6 is 0 Å². The molecule has 1 aliphatic rings. The van der Waals surface area contributed by atoms with Crippen molar-refractivity contribution in [3.05, 3.63) is 129 Å². The lowest BCUT2D eigenvalue weighted by atomic mass is 10.00. The van der Waals surface area contributed by atoms with E-state index < -0.39 is 29.4 Å². The lowest BCUT2D eigenvalue weighted by Crippen LogP contribution is -2.25. The Bertz CT molecular complexity index is 1580. The number of pyridine rings is 2. The van der Waals surface area contributed by atoms with E-state index in [-0.39, 0.29) is 23.7 Å². The molecular formula is C32H28FNO5. The van der Waals surface area contributed by atoms with Gasteiger partial charge in [-0.1, -0.05) is 60.7 Å². The Kier molecular flexibility index (Phi) is 7.41. The molecule has 6 nitrogen and oxygen atoms in total. The minimum absolute atomic E-state index is 0.116. The predicted octanol–water partition coefficient (Wildman–Crippen LogP) is 6.15. The zero-order chi connectivity index (χ0) is 27.5. The Balaban J connectivity index is 1.51. The second kappa shape index (κ2) is 11.1. The summed E-state index contributed by atoms with van der Waals surface area (Å²) in [7, 11) is 0. The molecule has 1 fully saturated rings. The van der Waals surface area contributed by atoms with Crippen LogP contribution in [0, 0.1) is 12.7 Å². The van der Waals surface area contributed by atoms with Gasteiger partial charge < -0.3 is 9.47 Å². The standard InChI is InChI=1S/C32H28FNO5/c1-3-38-32(37)26-18-25(21-14-15-21)29-20(2)24(27(33)19-34(29)31(26)36)16-17-28(35)39-30(22-10-6-4-7-11-22)23-12-8-5-9-13-23/h4-13,16-19,21,30H,3,14-15H2,1-2H3/b17-16+. The summed E-state index contributed by atoms with van der Waals surface area (Å²) in [6, 6.07) is 20.3. The highest BCUT2D eigenvalue weighted by atomic mass is 19.1. The summed E-state index contributed by atoms with van der Waals surface area (Å²) in [5.41, 5.74) is 2.86. The summed E-state index contributed by atoms with van der Waals surface area (Å²) in [5, 5.41) is 0. The topological polar surface area (TPSA) is 74.1 Å². The second-order valence-corrected chi connectivity index (χ2v) is 9.52. The maximum atomic E-state index is 15.4. The van der Waals surface area contributed by atoms with Crippen LogP contribution in [0.5, 0.6) is 0 Å². The summed E-state index contributed by atoms with van der Waals surface area (Å²) in [5.74, 6) is -1.90. The predicted molar refractivity (Wildman–Crippen MR) is 146 cm³/mol. The first kappa shape index (κ1) is 26.1. The first-order chi connectivity index (χ1) is 18.9. The van der Waals surface area contributed by atoms with Gasteiger partial charge in [0.2, 0.25) is 0 Å². The number of hydrogen-bond acceptors (Lipinski definition) is 5. The number of esters is 2. The van der Waals surface area contributed by atoms with E-state index in [1.165, 1.54) is 16.6 Å². The fraction of sp³-hybridized carbons (Fsp3) is 0.219. The number of aryl methyl sites for hydroxylation is 1. The fourth-order valence-corrected chi connectivity index (χ4v) is 4.82. The van der Waals surface area contributed by atoms with Crippen molar-refractivity contribution < 1.29 is 23.5 Å². The third kappa shape index (κ3) is 5.39. The molecular weight excluding hydrogens is 497 g/mol. The van der Waals surface area contributed by atoms with Gasteiger partial charge in [-0.15, -0.1) is 0 Å². The zero-order valence-corrected chi connectivity index (χ0v) is 21.7. The van der Waals surface area contributed by atoms with Crippen molar-refractivity contribution in [2.24, 2.45) is 0 Å². The van der Waals surface area contributed by atoms with E-state index in [2.05, 4.69) is 0 Å². The molecule has 0 bridgehead atoms. The molecule has 2 aromatic carbocycles. The zero-order valence-electron chi connectivity index (χ0n) is 21.7. The number of hydrogen-bond donors (Lipinski definition) is 0. The number of aromatic nitrogens is 1. The van der Waals surface area contributed by atoms with Gasteiger partial charge in [0.05, 0.1) is 12.1 Å². The third-order valence-corrected chi connectivity index (χ3v) is 6.86. The van der Waals surface area contributed by atoms with Crippen LogP contribution in [0.25, 0.3) is 11.6 Å². The van der Waals surface area contributed by atoms with Crippen LogP contribution in [-0.2, 0) is 14.3 Å². The van der Waals surface area contributed by atoms with E-state index in [0.717, 1.165) is 35.7 Å². The summed E-state index contributed by atoms with van der Waals surface area (Å²) >= 11 is 0. The van der Waals surface area contributed by atoms with E-state index in [9.17, 15) is 14.4 Å². The molecule has 0 unspecified atom stereocenters. The van der Waals surface area contributed by atoms with E-state index >= 15 is 4.39 Å². The normalized spacial score (nSPS) is 13.2. The average Bonchev–Trinajstić information content (AvgIpc) is 3.79. The number of carbonyl (C=O) groups is 2. The number of halogens is 1. The van der Waals surface area contributed by atoms with Gasteiger partial charge in [0.15, 0.2) is 6.10 Å². The van der Waals surface area contributed by atoms with Gasteiger partial charge in [-0.2, -0.15) is 0 Å². The van der Waals surface area contributed by atoms with Crippen molar-refractivity contribution in [3.8, 4) is 0 Å². The molecule has 198 valence electrons. The first-order valence-corrected chi connectivity index (χ1v) is 12.9.